The summed E-state index contributed by atoms with van der Waals surface area (Å²) in [4.78, 5) is 15.7. The zero-order valence-corrected chi connectivity index (χ0v) is 13.2. The topological polar surface area (TPSA) is 42.0 Å². The van der Waals surface area contributed by atoms with Crippen molar-refractivity contribution in [2.45, 2.75) is 12.6 Å². The first-order valence-electron chi connectivity index (χ1n) is 7.08. The molecule has 0 fully saturated rings. The fourth-order valence-electron chi connectivity index (χ4n) is 1.95. The van der Waals surface area contributed by atoms with Crippen LogP contribution in [0.25, 0.3) is 6.08 Å². The third-order valence-corrected chi connectivity index (χ3v) is 3.52. The lowest BCUT2D eigenvalue weighted by atomic mass is 10.1. The molecule has 3 nitrogen and oxygen atoms in total. The Kier molecular flexibility index (Phi) is 5.98. The molecular formula is C17H14ClF3N2O. The highest BCUT2D eigenvalue weighted by Crippen LogP contribution is 2.32. The van der Waals surface area contributed by atoms with Gasteiger partial charge in [-0.25, -0.2) is 0 Å². The summed E-state index contributed by atoms with van der Waals surface area (Å²) in [6.07, 6.45) is 1.92. The lowest BCUT2D eigenvalue weighted by molar-refractivity contribution is -0.137. The van der Waals surface area contributed by atoms with E-state index in [9.17, 15) is 18.0 Å². The predicted octanol–water partition coefficient (Wildman–Crippen LogP) is 4.13. The Morgan fingerprint density at radius 1 is 1.29 bits per heavy atom. The monoisotopic (exact) mass is 354 g/mol. The van der Waals surface area contributed by atoms with E-state index in [0.717, 1.165) is 29.8 Å². The van der Waals surface area contributed by atoms with Gasteiger partial charge in [0, 0.05) is 30.0 Å². The summed E-state index contributed by atoms with van der Waals surface area (Å²) in [6, 6.07) is 6.64. The first-order valence-corrected chi connectivity index (χ1v) is 7.45. The molecular weight excluding hydrogens is 341 g/mol. The van der Waals surface area contributed by atoms with E-state index >= 15 is 0 Å². The zero-order valence-electron chi connectivity index (χ0n) is 12.5. The van der Waals surface area contributed by atoms with Crippen LogP contribution in [0.3, 0.4) is 0 Å². The van der Waals surface area contributed by atoms with Gasteiger partial charge in [0.05, 0.1) is 5.56 Å². The summed E-state index contributed by atoms with van der Waals surface area (Å²) in [6.45, 7) is 0.394. The molecule has 0 radical (unpaired) electrons. The first kappa shape index (κ1) is 18.0. The number of hydrogen-bond donors (Lipinski definition) is 1. The number of aromatic nitrogens is 1. The van der Waals surface area contributed by atoms with Gasteiger partial charge in [0.15, 0.2) is 0 Å². The Morgan fingerprint density at radius 2 is 2.08 bits per heavy atom. The molecule has 1 heterocycles. The second kappa shape index (κ2) is 7.97. The van der Waals surface area contributed by atoms with E-state index in [1.165, 1.54) is 6.08 Å². The maximum Gasteiger partial charge on any atom is 0.416 e. The summed E-state index contributed by atoms with van der Waals surface area (Å²) < 4.78 is 38.0. The number of pyridine rings is 1. The van der Waals surface area contributed by atoms with E-state index in [-0.39, 0.29) is 10.6 Å². The zero-order chi connectivity index (χ0) is 17.6. The van der Waals surface area contributed by atoms with Crippen LogP contribution in [0.2, 0.25) is 5.02 Å². The van der Waals surface area contributed by atoms with E-state index in [1.54, 1.807) is 18.5 Å². The number of carbonyl (C=O) groups excluding carboxylic acids is 1. The van der Waals surface area contributed by atoms with Crippen molar-refractivity contribution in [1.29, 1.82) is 0 Å². The van der Waals surface area contributed by atoms with Crippen LogP contribution in [0, 0.1) is 0 Å². The smallest absolute Gasteiger partial charge is 0.352 e. The minimum Gasteiger partial charge on any atom is -0.352 e. The fraction of sp³-hybridized carbons (Fsp3) is 0.176. The normalized spacial score (nSPS) is 11.7. The Bertz CT molecular complexity index is 730. The standard InChI is InChI=1S/C17H14ClF3N2O/c18-15-5-4-14(17(19,20)21)10-13(15)3-6-16(24)23-9-7-12-2-1-8-22-11-12/h1-6,8,10-11H,7,9H2,(H,23,24)/b6-3+. The van der Waals surface area contributed by atoms with Gasteiger partial charge in [-0.1, -0.05) is 17.7 Å². The van der Waals surface area contributed by atoms with Crippen molar-refractivity contribution in [2.75, 3.05) is 6.54 Å². The van der Waals surface area contributed by atoms with E-state index in [0.29, 0.717) is 13.0 Å². The largest absolute Gasteiger partial charge is 0.416 e. The summed E-state index contributed by atoms with van der Waals surface area (Å²) >= 11 is 5.86. The van der Waals surface area contributed by atoms with Crippen molar-refractivity contribution >= 4 is 23.6 Å². The Labute approximate surface area is 142 Å². The quantitative estimate of drug-likeness (QED) is 0.820. The van der Waals surface area contributed by atoms with Gasteiger partial charge in [-0.15, -0.1) is 0 Å². The Balaban J connectivity index is 1.94. The summed E-state index contributed by atoms with van der Waals surface area (Å²) in [5.74, 6) is -0.410. The van der Waals surface area contributed by atoms with Crippen molar-refractivity contribution in [2.24, 2.45) is 0 Å². The lowest BCUT2D eigenvalue weighted by Crippen LogP contribution is -2.23. The van der Waals surface area contributed by atoms with Gasteiger partial charge in [-0.05, 0) is 47.9 Å². The summed E-state index contributed by atoms with van der Waals surface area (Å²) in [5.41, 5.74) is 0.292. The van der Waals surface area contributed by atoms with Crippen LogP contribution in [0.15, 0.2) is 48.8 Å². The van der Waals surface area contributed by atoms with Crippen molar-refractivity contribution in [1.82, 2.24) is 10.3 Å². The summed E-state index contributed by atoms with van der Waals surface area (Å²) in [5, 5.41) is 2.79. The van der Waals surface area contributed by atoms with Gasteiger partial charge in [0.25, 0.3) is 0 Å². The number of rotatable bonds is 5. The molecule has 7 heteroatoms. The van der Waals surface area contributed by atoms with E-state index in [2.05, 4.69) is 10.3 Å². The third kappa shape index (κ3) is 5.38. The van der Waals surface area contributed by atoms with Crippen LogP contribution in [0.4, 0.5) is 13.2 Å². The van der Waals surface area contributed by atoms with Crippen molar-refractivity contribution in [3.63, 3.8) is 0 Å². The third-order valence-electron chi connectivity index (χ3n) is 3.17. The SMILES string of the molecule is O=C(/C=C/c1cc(C(F)(F)F)ccc1Cl)NCCc1cccnc1. The van der Waals surface area contributed by atoms with E-state index in [1.807, 2.05) is 6.07 Å². The highest BCUT2D eigenvalue weighted by Gasteiger charge is 2.30. The molecule has 0 aliphatic heterocycles. The van der Waals surface area contributed by atoms with Crippen LogP contribution >= 0.6 is 11.6 Å². The number of hydrogen-bond acceptors (Lipinski definition) is 2. The molecule has 0 aliphatic carbocycles. The molecule has 1 aromatic carbocycles. The van der Waals surface area contributed by atoms with Gasteiger partial charge in [0.1, 0.15) is 0 Å². The Hall–Kier alpha value is -2.34. The van der Waals surface area contributed by atoms with Crippen LogP contribution < -0.4 is 5.32 Å². The van der Waals surface area contributed by atoms with Gasteiger partial charge < -0.3 is 5.32 Å². The minimum absolute atomic E-state index is 0.133. The Morgan fingerprint density at radius 3 is 2.75 bits per heavy atom. The molecule has 1 amide bonds. The molecule has 0 saturated heterocycles. The molecule has 0 bridgehead atoms. The van der Waals surface area contributed by atoms with Crippen molar-refractivity contribution < 1.29 is 18.0 Å². The molecule has 0 atom stereocenters. The second-order valence-electron chi connectivity index (χ2n) is 4.97. The van der Waals surface area contributed by atoms with Gasteiger partial charge in [0.2, 0.25) is 5.91 Å². The van der Waals surface area contributed by atoms with Gasteiger partial charge >= 0.3 is 6.18 Å². The molecule has 0 spiro atoms. The number of amides is 1. The van der Waals surface area contributed by atoms with Crippen LogP contribution in [-0.4, -0.2) is 17.4 Å². The lowest BCUT2D eigenvalue weighted by Gasteiger charge is -2.08. The minimum atomic E-state index is -4.46. The molecule has 0 aliphatic rings. The number of halogens is 4. The van der Waals surface area contributed by atoms with Crippen molar-refractivity contribution in [3.05, 3.63) is 70.5 Å². The first-order chi connectivity index (χ1) is 11.4. The van der Waals surface area contributed by atoms with Crippen molar-refractivity contribution in [3.8, 4) is 0 Å². The average Bonchev–Trinajstić information content (AvgIpc) is 2.54. The van der Waals surface area contributed by atoms with E-state index < -0.39 is 17.6 Å². The number of nitrogens with zero attached hydrogens (tertiary/aromatic N) is 1. The predicted molar refractivity (Wildman–Crippen MR) is 86.4 cm³/mol. The maximum atomic E-state index is 12.7. The highest BCUT2D eigenvalue weighted by atomic mass is 35.5. The molecule has 1 aromatic heterocycles. The molecule has 2 aromatic rings. The maximum absolute atomic E-state index is 12.7. The second-order valence-corrected chi connectivity index (χ2v) is 5.38. The van der Waals surface area contributed by atoms with Gasteiger partial charge in [-0.3, -0.25) is 9.78 Å². The molecule has 24 heavy (non-hydrogen) atoms. The highest BCUT2D eigenvalue weighted by molar-refractivity contribution is 6.32. The summed E-state index contributed by atoms with van der Waals surface area (Å²) in [7, 11) is 0. The van der Waals surface area contributed by atoms with E-state index in [4.69, 9.17) is 11.6 Å². The number of nitrogens with one attached hydrogen (secondary N) is 1. The van der Waals surface area contributed by atoms with Crippen LogP contribution in [0.1, 0.15) is 16.7 Å². The van der Waals surface area contributed by atoms with Crippen LogP contribution in [0.5, 0.6) is 0 Å². The molecule has 1 N–H and O–H groups in total. The van der Waals surface area contributed by atoms with Crippen LogP contribution in [-0.2, 0) is 17.4 Å². The molecule has 0 unspecified atom stereocenters. The molecule has 0 saturated carbocycles. The average molecular weight is 355 g/mol. The fourth-order valence-corrected chi connectivity index (χ4v) is 2.13. The number of alkyl halides is 3. The number of benzene rings is 1. The molecule has 2 rings (SSSR count). The number of carbonyl (C=O) groups is 1. The van der Waals surface area contributed by atoms with Gasteiger partial charge in [-0.2, -0.15) is 13.2 Å². The molecule has 126 valence electrons.